The minimum Gasteiger partial charge on any atom is -0.382 e. The first-order valence-corrected chi connectivity index (χ1v) is 8.35. The lowest BCUT2D eigenvalue weighted by molar-refractivity contribution is 0.0689. The van der Waals surface area contributed by atoms with Crippen LogP contribution < -0.4 is 5.32 Å². The topological polar surface area (TPSA) is 46.1 Å². The second kappa shape index (κ2) is 19.7. The molecule has 0 bridgehead atoms. The van der Waals surface area contributed by atoms with Crippen LogP contribution in [-0.2, 0) is 9.47 Å². The number of hydrogen-bond donors (Lipinski definition) is 1. The molecule has 5 nitrogen and oxygen atoms in total. The summed E-state index contributed by atoms with van der Waals surface area (Å²) in [5, 5.41) is 3.40. The Balaban J connectivity index is 0. The standard InChI is InChI=1S/C17H35N3O2.HI/c1-5-6-7-8-10-13-20(3)17(18-2)19-12-9-11-14-22-16-15-21-4;/h5H,1,6-16H2,2-4H3,(H,18,19);1H. The number of rotatable bonds is 14. The van der Waals surface area contributed by atoms with E-state index in [2.05, 4.69) is 28.8 Å². The van der Waals surface area contributed by atoms with E-state index in [-0.39, 0.29) is 24.0 Å². The fourth-order valence-corrected chi connectivity index (χ4v) is 2.08. The van der Waals surface area contributed by atoms with Crippen LogP contribution in [0.4, 0.5) is 0 Å². The van der Waals surface area contributed by atoms with Crippen LogP contribution >= 0.6 is 24.0 Å². The minimum atomic E-state index is 0. The van der Waals surface area contributed by atoms with Crippen molar-refractivity contribution >= 4 is 29.9 Å². The van der Waals surface area contributed by atoms with Crippen LogP contribution in [0.2, 0.25) is 0 Å². The maximum Gasteiger partial charge on any atom is 0.193 e. The van der Waals surface area contributed by atoms with E-state index in [9.17, 15) is 0 Å². The first kappa shape index (κ1) is 24.9. The predicted molar refractivity (Wildman–Crippen MR) is 110 cm³/mol. The Morgan fingerprint density at radius 2 is 1.91 bits per heavy atom. The number of allylic oxidation sites excluding steroid dienone is 1. The highest BCUT2D eigenvalue weighted by molar-refractivity contribution is 14.0. The Kier molecular flexibility index (Phi) is 21.3. The molecule has 0 aromatic heterocycles. The zero-order chi connectivity index (χ0) is 16.5. The van der Waals surface area contributed by atoms with Crippen LogP contribution in [-0.4, -0.2) is 65.0 Å². The average Bonchev–Trinajstić information content (AvgIpc) is 2.53. The molecule has 1 N–H and O–H groups in total. The number of nitrogens with one attached hydrogen (secondary N) is 1. The van der Waals surface area contributed by atoms with Gasteiger partial charge in [0, 0.05) is 40.9 Å². The van der Waals surface area contributed by atoms with E-state index >= 15 is 0 Å². The lowest BCUT2D eigenvalue weighted by Crippen LogP contribution is -2.39. The Labute approximate surface area is 159 Å². The van der Waals surface area contributed by atoms with E-state index in [1.165, 1.54) is 19.3 Å². The summed E-state index contributed by atoms with van der Waals surface area (Å²) >= 11 is 0. The van der Waals surface area contributed by atoms with Gasteiger partial charge in [-0.15, -0.1) is 30.6 Å². The van der Waals surface area contributed by atoms with Gasteiger partial charge < -0.3 is 19.7 Å². The van der Waals surface area contributed by atoms with Gasteiger partial charge in [0.15, 0.2) is 5.96 Å². The number of halogens is 1. The van der Waals surface area contributed by atoms with Crippen molar-refractivity contribution in [3.05, 3.63) is 12.7 Å². The molecule has 0 heterocycles. The fourth-order valence-electron chi connectivity index (χ4n) is 2.08. The second-order valence-corrected chi connectivity index (χ2v) is 5.35. The van der Waals surface area contributed by atoms with Gasteiger partial charge in [-0.25, -0.2) is 0 Å². The first-order chi connectivity index (χ1) is 10.8. The van der Waals surface area contributed by atoms with Gasteiger partial charge >= 0.3 is 0 Å². The molecule has 0 saturated carbocycles. The Morgan fingerprint density at radius 1 is 1.13 bits per heavy atom. The third-order valence-corrected chi connectivity index (χ3v) is 3.41. The molecule has 0 fully saturated rings. The molecule has 23 heavy (non-hydrogen) atoms. The molecule has 0 radical (unpaired) electrons. The molecule has 6 heteroatoms. The number of guanidine groups is 1. The molecule has 0 unspecified atom stereocenters. The van der Waals surface area contributed by atoms with Crippen molar-refractivity contribution in [3.63, 3.8) is 0 Å². The van der Waals surface area contributed by atoms with Gasteiger partial charge in [0.25, 0.3) is 0 Å². The van der Waals surface area contributed by atoms with Gasteiger partial charge in [-0.3, -0.25) is 4.99 Å². The highest BCUT2D eigenvalue weighted by atomic mass is 127. The summed E-state index contributed by atoms with van der Waals surface area (Å²) in [6.07, 6.45) is 8.90. The molecule has 0 aliphatic heterocycles. The number of hydrogen-bond acceptors (Lipinski definition) is 3. The fraction of sp³-hybridized carbons (Fsp3) is 0.824. The summed E-state index contributed by atoms with van der Waals surface area (Å²) in [6, 6.07) is 0. The predicted octanol–water partition coefficient (Wildman–Crippen LogP) is 3.30. The normalized spacial score (nSPS) is 11.0. The minimum absolute atomic E-state index is 0. The highest BCUT2D eigenvalue weighted by Gasteiger charge is 2.04. The first-order valence-electron chi connectivity index (χ1n) is 8.35. The van der Waals surface area contributed by atoms with E-state index in [4.69, 9.17) is 9.47 Å². The maximum atomic E-state index is 5.44. The van der Waals surface area contributed by atoms with Crippen LogP contribution in [0.15, 0.2) is 17.6 Å². The van der Waals surface area contributed by atoms with Crippen LogP contribution in [0.5, 0.6) is 0 Å². The average molecular weight is 441 g/mol. The Hall–Kier alpha value is -0.340. The van der Waals surface area contributed by atoms with Gasteiger partial charge in [0.05, 0.1) is 13.2 Å². The molecule has 0 aromatic carbocycles. The van der Waals surface area contributed by atoms with Crippen molar-refractivity contribution in [2.45, 2.75) is 38.5 Å². The lowest BCUT2D eigenvalue weighted by atomic mass is 10.2. The van der Waals surface area contributed by atoms with E-state index < -0.39 is 0 Å². The molecule has 0 saturated heterocycles. The third kappa shape index (κ3) is 16.3. The van der Waals surface area contributed by atoms with Gasteiger partial charge in [0.1, 0.15) is 0 Å². The van der Waals surface area contributed by atoms with Gasteiger partial charge in [0.2, 0.25) is 0 Å². The van der Waals surface area contributed by atoms with E-state index in [0.717, 1.165) is 44.9 Å². The number of ether oxygens (including phenoxy) is 2. The summed E-state index contributed by atoms with van der Waals surface area (Å²) in [4.78, 5) is 6.53. The van der Waals surface area contributed by atoms with E-state index in [1.54, 1.807) is 7.11 Å². The van der Waals surface area contributed by atoms with Crippen molar-refractivity contribution in [3.8, 4) is 0 Å². The molecule has 0 atom stereocenters. The molecule has 0 aliphatic rings. The van der Waals surface area contributed by atoms with Gasteiger partial charge in [-0.2, -0.15) is 0 Å². The highest BCUT2D eigenvalue weighted by Crippen LogP contribution is 2.01. The molecular formula is C17H36IN3O2. The van der Waals surface area contributed by atoms with Crippen molar-refractivity contribution in [1.29, 1.82) is 0 Å². The zero-order valence-electron chi connectivity index (χ0n) is 15.2. The van der Waals surface area contributed by atoms with Crippen molar-refractivity contribution in [2.75, 3.05) is 54.1 Å². The quantitative estimate of drug-likeness (QED) is 0.148. The molecule has 0 aromatic rings. The largest absolute Gasteiger partial charge is 0.382 e. The maximum absolute atomic E-state index is 5.44. The summed E-state index contributed by atoms with van der Waals surface area (Å²) in [5.41, 5.74) is 0. The van der Waals surface area contributed by atoms with E-state index in [1.807, 2.05) is 13.1 Å². The number of aliphatic imine (C=N–C) groups is 1. The van der Waals surface area contributed by atoms with E-state index in [0.29, 0.717) is 13.2 Å². The molecular weight excluding hydrogens is 405 g/mol. The SMILES string of the molecule is C=CCCCCCN(C)C(=NC)NCCCCOCCOC.I. The monoisotopic (exact) mass is 441 g/mol. The third-order valence-electron chi connectivity index (χ3n) is 3.41. The van der Waals surface area contributed by atoms with Gasteiger partial charge in [-0.05, 0) is 32.1 Å². The molecule has 0 rings (SSSR count). The molecule has 0 aliphatic carbocycles. The number of methoxy groups -OCH3 is 1. The lowest BCUT2D eigenvalue weighted by Gasteiger charge is -2.22. The summed E-state index contributed by atoms with van der Waals surface area (Å²) in [5.74, 6) is 0.976. The summed E-state index contributed by atoms with van der Waals surface area (Å²) < 4.78 is 10.4. The van der Waals surface area contributed by atoms with Crippen molar-refractivity contribution in [1.82, 2.24) is 10.2 Å². The molecule has 0 amide bonds. The summed E-state index contributed by atoms with van der Waals surface area (Å²) in [7, 11) is 5.62. The molecule has 138 valence electrons. The number of unbranched alkanes of at least 4 members (excludes halogenated alkanes) is 4. The Morgan fingerprint density at radius 3 is 2.57 bits per heavy atom. The summed E-state index contributed by atoms with van der Waals surface area (Å²) in [6.45, 7) is 7.86. The Bertz CT molecular complexity index is 289. The second-order valence-electron chi connectivity index (χ2n) is 5.35. The van der Waals surface area contributed by atoms with Crippen LogP contribution in [0.1, 0.15) is 38.5 Å². The van der Waals surface area contributed by atoms with Crippen LogP contribution in [0, 0.1) is 0 Å². The van der Waals surface area contributed by atoms with Crippen LogP contribution in [0.3, 0.4) is 0 Å². The smallest absolute Gasteiger partial charge is 0.193 e. The van der Waals surface area contributed by atoms with Crippen molar-refractivity contribution < 1.29 is 9.47 Å². The number of nitrogens with zero attached hydrogens (tertiary/aromatic N) is 2. The molecule has 0 spiro atoms. The van der Waals surface area contributed by atoms with Crippen LogP contribution in [0.25, 0.3) is 0 Å². The van der Waals surface area contributed by atoms with Crippen molar-refractivity contribution in [2.24, 2.45) is 4.99 Å². The van der Waals surface area contributed by atoms with Gasteiger partial charge in [-0.1, -0.05) is 12.5 Å². The zero-order valence-corrected chi connectivity index (χ0v) is 17.5.